The minimum absolute atomic E-state index is 0.395. The Balaban J connectivity index is 2.55. The molecule has 6 heteroatoms. The molecule has 102 valence electrons. The zero-order chi connectivity index (χ0) is 14.2. The van der Waals surface area contributed by atoms with E-state index in [1.54, 1.807) is 32.2 Å². The summed E-state index contributed by atoms with van der Waals surface area (Å²) in [5.74, 6) is 0.552. The SMILES string of the molecule is COc1ccc(Cl)cc1C(O)c1c(C)nn(C)c1Cl. The van der Waals surface area contributed by atoms with Gasteiger partial charge in [0, 0.05) is 23.2 Å². The van der Waals surface area contributed by atoms with Crippen molar-refractivity contribution >= 4 is 23.2 Å². The predicted octanol–water partition coefficient (Wildman–Crippen LogP) is 3.13. The van der Waals surface area contributed by atoms with Gasteiger partial charge in [0.05, 0.1) is 12.8 Å². The van der Waals surface area contributed by atoms with E-state index in [2.05, 4.69) is 5.10 Å². The van der Waals surface area contributed by atoms with E-state index in [0.717, 1.165) is 0 Å². The van der Waals surface area contributed by atoms with Crippen molar-refractivity contribution in [3.8, 4) is 5.75 Å². The lowest BCUT2D eigenvalue weighted by Gasteiger charge is -2.15. The van der Waals surface area contributed by atoms with Gasteiger partial charge in [-0.15, -0.1) is 0 Å². The van der Waals surface area contributed by atoms with E-state index in [4.69, 9.17) is 27.9 Å². The van der Waals surface area contributed by atoms with Crippen molar-refractivity contribution in [3.63, 3.8) is 0 Å². The average molecular weight is 301 g/mol. The number of rotatable bonds is 3. The summed E-state index contributed by atoms with van der Waals surface area (Å²) in [6.07, 6.45) is -0.935. The fourth-order valence-corrected chi connectivity index (χ4v) is 2.49. The van der Waals surface area contributed by atoms with E-state index in [1.807, 2.05) is 0 Å². The number of aryl methyl sites for hydroxylation is 2. The Morgan fingerprint density at radius 2 is 2.05 bits per heavy atom. The van der Waals surface area contributed by atoms with Crippen molar-refractivity contribution in [2.45, 2.75) is 13.0 Å². The molecule has 19 heavy (non-hydrogen) atoms. The third kappa shape index (κ3) is 2.56. The molecule has 0 saturated carbocycles. The van der Waals surface area contributed by atoms with Crippen LogP contribution in [0.2, 0.25) is 10.2 Å². The van der Waals surface area contributed by atoms with Crippen LogP contribution in [0.15, 0.2) is 18.2 Å². The van der Waals surface area contributed by atoms with Gasteiger partial charge in [-0.05, 0) is 25.1 Å². The molecule has 1 atom stereocenters. The second kappa shape index (κ2) is 5.41. The quantitative estimate of drug-likeness (QED) is 0.947. The van der Waals surface area contributed by atoms with Crippen LogP contribution in [0.4, 0.5) is 0 Å². The summed E-state index contributed by atoms with van der Waals surface area (Å²) >= 11 is 12.1. The van der Waals surface area contributed by atoms with Crippen molar-refractivity contribution in [3.05, 3.63) is 45.2 Å². The van der Waals surface area contributed by atoms with Gasteiger partial charge in [-0.1, -0.05) is 23.2 Å². The van der Waals surface area contributed by atoms with E-state index >= 15 is 0 Å². The molecule has 4 nitrogen and oxygen atoms in total. The Kier molecular flexibility index (Phi) is 4.04. The molecule has 0 aliphatic carbocycles. The van der Waals surface area contributed by atoms with Crippen molar-refractivity contribution in [1.29, 1.82) is 0 Å². The number of methoxy groups -OCH3 is 1. The van der Waals surface area contributed by atoms with Gasteiger partial charge in [-0.25, -0.2) is 0 Å². The summed E-state index contributed by atoms with van der Waals surface area (Å²) in [6, 6.07) is 5.07. The summed E-state index contributed by atoms with van der Waals surface area (Å²) in [5, 5.41) is 15.6. The molecule has 1 unspecified atom stereocenters. The first-order chi connectivity index (χ1) is 8.95. The lowest BCUT2D eigenvalue weighted by atomic mass is 10.0. The fraction of sp³-hybridized carbons (Fsp3) is 0.308. The molecule has 1 N–H and O–H groups in total. The standard InChI is InChI=1S/C13H14Cl2N2O2/c1-7-11(13(15)17(2)16-7)12(18)9-6-8(14)4-5-10(9)19-3/h4-6,12,18H,1-3H3. The molecule has 0 fully saturated rings. The normalized spacial score (nSPS) is 12.5. The first-order valence-corrected chi connectivity index (χ1v) is 6.41. The van der Waals surface area contributed by atoms with Crippen molar-refractivity contribution < 1.29 is 9.84 Å². The van der Waals surface area contributed by atoms with Gasteiger partial charge in [-0.2, -0.15) is 5.10 Å². The van der Waals surface area contributed by atoms with E-state index in [-0.39, 0.29) is 0 Å². The Morgan fingerprint density at radius 1 is 1.37 bits per heavy atom. The van der Waals surface area contributed by atoms with Gasteiger partial charge in [-0.3, -0.25) is 4.68 Å². The summed E-state index contributed by atoms with van der Waals surface area (Å²) in [7, 11) is 3.26. The maximum Gasteiger partial charge on any atom is 0.133 e. The van der Waals surface area contributed by atoms with E-state index in [9.17, 15) is 5.11 Å². The van der Waals surface area contributed by atoms with Crippen LogP contribution in [0.3, 0.4) is 0 Å². The number of halogens is 2. The minimum atomic E-state index is -0.935. The highest BCUT2D eigenvalue weighted by Gasteiger charge is 2.23. The highest BCUT2D eigenvalue weighted by Crippen LogP contribution is 2.36. The first kappa shape index (κ1) is 14.2. The molecular formula is C13H14Cl2N2O2. The van der Waals surface area contributed by atoms with Crippen LogP contribution in [0.1, 0.15) is 22.9 Å². The average Bonchev–Trinajstić information content (AvgIpc) is 2.62. The molecule has 0 spiro atoms. The predicted molar refractivity (Wildman–Crippen MR) is 75.0 cm³/mol. The van der Waals surface area contributed by atoms with Crippen molar-refractivity contribution in [2.24, 2.45) is 7.05 Å². The number of aromatic nitrogens is 2. The van der Waals surface area contributed by atoms with Crippen LogP contribution in [-0.4, -0.2) is 22.0 Å². The molecule has 0 aliphatic rings. The van der Waals surface area contributed by atoms with E-state index in [0.29, 0.717) is 32.7 Å². The Bertz CT molecular complexity index is 611. The lowest BCUT2D eigenvalue weighted by molar-refractivity contribution is 0.214. The lowest BCUT2D eigenvalue weighted by Crippen LogP contribution is -2.04. The van der Waals surface area contributed by atoms with Gasteiger partial charge in [0.1, 0.15) is 17.0 Å². The van der Waals surface area contributed by atoms with Gasteiger partial charge in [0.25, 0.3) is 0 Å². The third-order valence-corrected chi connectivity index (χ3v) is 3.64. The Labute approximate surface area is 121 Å². The van der Waals surface area contributed by atoms with Gasteiger partial charge >= 0.3 is 0 Å². The Morgan fingerprint density at radius 3 is 2.58 bits per heavy atom. The molecule has 0 aliphatic heterocycles. The van der Waals surface area contributed by atoms with Crippen LogP contribution >= 0.6 is 23.2 Å². The minimum Gasteiger partial charge on any atom is -0.496 e. The Hall–Kier alpha value is -1.23. The summed E-state index contributed by atoms with van der Waals surface area (Å²) < 4.78 is 6.76. The highest BCUT2D eigenvalue weighted by atomic mass is 35.5. The van der Waals surface area contributed by atoms with E-state index < -0.39 is 6.10 Å². The molecule has 2 rings (SSSR count). The molecule has 1 aromatic carbocycles. The smallest absolute Gasteiger partial charge is 0.133 e. The van der Waals surface area contributed by atoms with Crippen LogP contribution in [0.5, 0.6) is 5.75 Å². The number of aliphatic hydroxyl groups is 1. The molecule has 1 aromatic heterocycles. The monoisotopic (exact) mass is 300 g/mol. The fourth-order valence-electron chi connectivity index (χ4n) is 2.03. The third-order valence-electron chi connectivity index (χ3n) is 2.96. The zero-order valence-corrected chi connectivity index (χ0v) is 12.3. The number of nitrogens with zero attached hydrogens (tertiary/aromatic N) is 2. The number of benzene rings is 1. The summed E-state index contributed by atoms with van der Waals surface area (Å²) in [6.45, 7) is 1.79. The number of ether oxygens (including phenoxy) is 1. The van der Waals surface area contributed by atoms with Crippen LogP contribution < -0.4 is 4.74 Å². The number of hydrogen-bond donors (Lipinski definition) is 1. The highest BCUT2D eigenvalue weighted by molar-refractivity contribution is 6.31. The van der Waals surface area contributed by atoms with Gasteiger partial charge in [0.15, 0.2) is 0 Å². The zero-order valence-electron chi connectivity index (χ0n) is 10.8. The largest absolute Gasteiger partial charge is 0.496 e. The maximum atomic E-state index is 10.5. The molecule has 1 heterocycles. The summed E-state index contributed by atoms with van der Waals surface area (Å²) in [5.41, 5.74) is 1.79. The topological polar surface area (TPSA) is 47.3 Å². The molecule has 0 bridgehead atoms. The molecular weight excluding hydrogens is 287 g/mol. The van der Waals surface area contributed by atoms with E-state index in [1.165, 1.54) is 11.8 Å². The van der Waals surface area contributed by atoms with Gasteiger partial charge < -0.3 is 9.84 Å². The second-order valence-electron chi connectivity index (χ2n) is 4.20. The van der Waals surface area contributed by atoms with Crippen molar-refractivity contribution in [2.75, 3.05) is 7.11 Å². The first-order valence-electron chi connectivity index (χ1n) is 5.66. The van der Waals surface area contributed by atoms with Gasteiger partial charge in [0.2, 0.25) is 0 Å². The van der Waals surface area contributed by atoms with Crippen LogP contribution in [0.25, 0.3) is 0 Å². The molecule has 0 amide bonds. The molecule has 2 aromatic rings. The molecule has 0 saturated heterocycles. The van der Waals surface area contributed by atoms with Crippen LogP contribution in [-0.2, 0) is 7.05 Å². The molecule has 0 radical (unpaired) electrons. The number of aliphatic hydroxyl groups excluding tert-OH is 1. The van der Waals surface area contributed by atoms with Crippen LogP contribution in [0, 0.1) is 6.92 Å². The van der Waals surface area contributed by atoms with Crippen molar-refractivity contribution in [1.82, 2.24) is 9.78 Å². The maximum absolute atomic E-state index is 10.5. The number of hydrogen-bond acceptors (Lipinski definition) is 3. The summed E-state index contributed by atoms with van der Waals surface area (Å²) in [4.78, 5) is 0. The second-order valence-corrected chi connectivity index (χ2v) is 5.00.